The molecule has 0 aromatic heterocycles. The molecule has 2 rings (SSSR count). The summed E-state index contributed by atoms with van der Waals surface area (Å²) in [4.78, 5) is 1.22. The maximum absolute atomic E-state index is 6.07. The fourth-order valence-electron chi connectivity index (χ4n) is 2.33. The van der Waals surface area contributed by atoms with E-state index in [1.165, 1.54) is 10.5 Å². The number of hydrogen-bond donors (Lipinski definition) is 1. The lowest BCUT2D eigenvalue weighted by Gasteiger charge is -2.26. The van der Waals surface area contributed by atoms with Gasteiger partial charge < -0.3 is 5.32 Å². The molecule has 2 aromatic carbocycles. The molecule has 2 aromatic rings. The van der Waals surface area contributed by atoms with Crippen LogP contribution in [0.1, 0.15) is 24.9 Å². The summed E-state index contributed by atoms with van der Waals surface area (Å²) >= 11 is 7.96. The number of rotatable bonds is 6. The third-order valence-corrected chi connectivity index (χ3v) is 5.00. The van der Waals surface area contributed by atoms with Crippen molar-refractivity contribution >= 4 is 23.4 Å². The molecule has 0 spiro atoms. The summed E-state index contributed by atoms with van der Waals surface area (Å²) in [6.45, 7) is 2.23. The van der Waals surface area contributed by atoms with Gasteiger partial charge in [0, 0.05) is 21.2 Å². The van der Waals surface area contributed by atoms with Gasteiger partial charge in [0.1, 0.15) is 0 Å². The van der Waals surface area contributed by atoms with Crippen LogP contribution < -0.4 is 5.32 Å². The number of halogens is 1. The van der Waals surface area contributed by atoms with Gasteiger partial charge in [-0.05, 0) is 37.2 Å². The Kier molecular flexibility index (Phi) is 5.96. The van der Waals surface area contributed by atoms with E-state index < -0.39 is 0 Å². The van der Waals surface area contributed by atoms with Crippen molar-refractivity contribution in [3.63, 3.8) is 0 Å². The molecule has 2 unspecified atom stereocenters. The molecular formula is C17H20ClNS. The van der Waals surface area contributed by atoms with E-state index in [1.807, 2.05) is 37.0 Å². The van der Waals surface area contributed by atoms with Gasteiger partial charge in [-0.25, -0.2) is 0 Å². The highest BCUT2D eigenvalue weighted by atomic mass is 35.5. The molecule has 0 saturated heterocycles. The number of hydrogen-bond acceptors (Lipinski definition) is 2. The summed E-state index contributed by atoms with van der Waals surface area (Å²) in [5.74, 6) is 0. The molecule has 2 atom stereocenters. The molecule has 0 saturated carbocycles. The van der Waals surface area contributed by atoms with Crippen LogP contribution >= 0.6 is 23.4 Å². The lowest BCUT2D eigenvalue weighted by molar-refractivity contribution is 0.556. The van der Waals surface area contributed by atoms with Crippen LogP contribution in [-0.4, -0.2) is 12.3 Å². The SMILES string of the molecule is CCC(Sc1cccc(Cl)c1)C(NC)c1ccccc1. The molecule has 20 heavy (non-hydrogen) atoms. The zero-order valence-electron chi connectivity index (χ0n) is 11.8. The Morgan fingerprint density at radius 3 is 2.45 bits per heavy atom. The average molecular weight is 306 g/mol. The molecule has 0 aliphatic carbocycles. The Morgan fingerprint density at radius 1 is 1.10 bits per heavy atom. The highest BCUT2D eigenvalue weighted by Gasteiger charge is 2.21. The molecule has 0 heterocycles. The normalized spacial score (nSPS) is 13.9. The van der Waals surface area contributed by atoms with Crippen molar-refractivity contribution < 1.29 is 0 Å². The van der Waals surface area contributed by atoms with Gasteiger partial charge in [-0.2, -0.15) is 0 Å². The molecule has 0 bridgehead atoms. The maximum Gasteiger partial charge on any atom is 0.0441 e. The summed E-state index contributed by atoms with van der Waals surface area (Å²) in [6.07, 6.45) is 1.09. The van der Waals surface area contributed by atoms with Crippen LogP contribution in [0.2, 0.25) is 5.02 Å². The van der Waals surface area contributed by atoms with Crippen LogP contribution in [-0.2, 0) is 0 Å². The summed E-state index contributed by atoms with van der Waals surface area (Å²) in [5.41, 5.74) is 1.33. The summed E-state index contributed by atoms with van der Waals surface area (Å²) < 4.78 is 0. The number of benzene rings is 2. The second-order valence-electron chi connectivity index (χ2n) is 4.70. The van der Waals surface area contributed by atoms with Crippen LogP contribution in [0.5, 0.6) is 0 Å². The van der Waals surface area contributed by atoms with E-state index in [-0.39, 0.29) is 0 Å². The maximum atomic E-state index is 6.07. The van der Waals surface area contributed by atoms with E-state index in [1.54, 1.807) is 0 Å². The zero-order chi connectivity index (χ0) is 14.4. The Labute approximate surface area is 130 Å². The molecule has 0 aliphatic rings. The van der Waals surface area contributed by atoms with E-state index >= 15 is 0 Å². The third-order valence-electron chi connectivity index (χ3n) is 3.33. The van der Waals surface area contributed by atoms with E-state index in [0.717, 1.165) is 11.4 Å². The van der Waals surface area contributed by atoms with Gasteiger partial charge in [-0.15, -0.1) is 11.8 Å². The zero-order valence-corrected chi connectivity index (χ0v) is 13.4. The van der Waals surface area contributed by atoms with Gasteiger partial charge in [0.15, 0.2) is 0 Å². The first-order valence-corrected chi connectivity index (χ1v) is 8.14. The molecule has 1 N–H and O–H groups in total. The minimum Gasteiger partial charge on any atom is -0.312 e. The van der Waals surface area contributed by atoms with Crippen molar-refractivity contribution in [2.45, 2.75) is 29.5 Å². The van der Waals surface area contributed by atoms with Crippen LogP contribution in [0, 0.1) is 0 Å². The number of thioether (sulfide) groups is 1. The quantitative estimate of drug-likeness (QED) is 0.739. The predicted molar refractivity (Wildman–Crippen MR) is 89.6 cm³/mol. The molecule has 1 nitrogen and oxygen atoms in total. The highest BCUT2D eigenvalue weighted by Crippen LogP contribution is 2.34. The van der Waals surface area contributed by atoms with Gasteiger partial charge in [0.05, 0.1) is 0 Å². The molecule has 106 valence electrons. The van der Waals surface area contributed by atoms with Gasteiger partial charge in [0.2, 0.25) is 0 Å². The number of nitrogens with one attached hydrogen (secondary N) is 1. The monoisotopic (exact) mass is 305 g/mol. The predicted octanol–water partition coefficient (Wildman–Crippen LogP) is 5.17. The average Bonchev–Trinajstić information content (AvgIpc) is 2.48. The van der Waals surface area contributed by atoms with Crippen LogP contribution in [0.15, 0.2) is 59.5 Å². The van der Waals surface area contributed by atoms with Crippen molar-refractivity contribution in [2.75, 3.05) is 7.05 Å². The Balaban J connectivity index is 2.18. The van der Waals surface area contributed by atoms with Crippen molar-refractivity contribution in [3.05, 3.63) is 65.2 Å². The van der Waals surface area contributed by atoms with Crippen molar-refractivity contribution in [3.8, 4) is 0 Å². The Morgan fingerprint density at radius 2 is 1.85 bits per heavy atom. The first-order chi connectivity index (χ1) is 9.74. The molecule has 0 fully saturated rings. The van der Waals surface area contributed by atoms with E-state index in [9.17, 15) is 0 Å². The van der Waals surface area contributed by atoms with Crippen LogP contribution in [0.25, 0.3) is 0 Å². The molecule has 0 amide bonds. The summed E-state index contributed by atoms with van der Waals surface area (Å²) in [7, 11) is 2.03. The lowest BCUT2D eigenvalue weighted by Crippen LogP contribution is -2.26. The minimum atomic E-state index is 0.338. The van der Waals surface area contributed by atoms with Gasteiger partial charge >= 0.3 is 0 Å². The second kappa shape index (κ2) is 7.72. The lowest BCUT2D eigenvalue weighted by atomic mass is 10.0. The van der Waals surface area contributed by atoms with Crippen molar-refractivity contribution in [1.82, 2.24) is 5.32 Å². The van der Waals surface area contributed by atoms with E-state index in [4.69, 9.17) is 11.6 Å². The Bertz CT molecular complexity index is 530. The van der Waals surface area contributed by atoms with Gasteiger partial charge in [-0.3, -0.25) is 0 Å². The van der Waals surface area contributed by atoms with E-state index in [0.29, 0.717) is 11.3 Å². The Hall–Kier alpha value is -0.960. The largest absolute Gasteiger partial charge is 0.312 e. The molecular weight excluding hydrogens is 286 g/mol. The van der Waals surface area contributed by atoms with Crippen molar-refractivity contribution in [2.24, 2.45) is 0 Å². The summed E-state index contributed by atoms with van der Waals surface area (Å²) in [5, 5.41) is 4.72. The molecule has 0 aliphatic heterocycles. The van der Waals surface area contributed by atoms with Crippen molar-refractivity contribution in [1.29, 1.82) is 0 Å². The summed E-state index contributed by atoms with van der Waals surface area (Å²) in [6, 6.07) is 19.0. The standard InChI is InChI=1S/C17H20ClNS/c1-3-16(20-15-11-7-10-14(18)12-15)17(19-2)13-8-5-4-6-9-13/h4-12,16-17,19H,3H2,1-2H3. The second-order valence-corrected chi connectivity index (χ2v) is 6.45. The fraction of sp³-hybridized carbons (Fsp3) is 0.294. The minimum absolute atomic E-state index is 0.338. The molecule has 3 heteroatoms. The van der Waals surface area contributed by atoms with Crippen LogP contribution in [0.4, 0.5) is 0 Å². The third kappa shape index (κ3) is 4.02. The fourth-order valence-corrected chi connectivity index (χ4v) is 3.88. The van der Waals surface area contributed by atoms with Crippen LogP contribution in [0.3, 0.4) is 0 Å². The highest BCUT2D eigenvalue weighted by molar-refractivity contribution is 8.00. The first kappa shape index (κ1) is 15.4. The topological polar surface area (TPSA) is 12.0 Å². The first-order valence-electron chi connectivity index (χ1n) is 6.89. The van der Waals surface area contributed by atoms with Gasteiger partial charge in [0.25, 0.3) is 0 Å². The van der Waals surface area contributed by atoms with Gasteiger partial charge in [-0.1, -0.05) is 54.9 Å². The molecule has 0 radical (unpaired) electrons. The van der Waals surface area contributed by atoms with E-state index in [2.05, 4.69) is 48.6 Å². The smallest absolute Gasteiger partial charge is 0.0441 e.